The van der Waals surface area contributed by atoms with Gasteiger partial charge in [0.2, 0.25) is 0 Å². The number of hydrogen-bond acceptors (Lipinski definition) is 4. The number of hydrogen-bond donors (Lipinski definition) is 2. The van der Waals surface area contributed by atoms with Gasteiger partial charge in [0.05, 0.1) is 5.41 Å². The molecular formula is C12H23BrHgO4. The van der Waals surface area contributed by atoms with E-state index in [1.165, 1.54) is 0 Å². The van der Waals surface area contributed by atoms with Crippen molar-refractivity contribution < 1.29 is 64.4 Å². The first-order chi connectivity index (χ1) is 7.23. The molecule has 0 aromatic heterocycles. The van der Waals surface area contributed by atoms with Crippen LogP contribution in [0.3, 0.4) is 0 Å². The van der Waals surface area contributed by atoms with Crippen LogP contribution in [0.2, 0.25) is 0 Å². The Morgan fingerprint density at radius 1 is 1.28 bits per heavy atom. The van der Waals surface area contributed by atoms with Crippen LogP contribution < -0.4 is 17.0 Å². The molecule has 0 aromatic rings. The Hall–Kier alpha value is 0.805. The molecule has 0 unspecified atom stereocenters. The van der Waals surface area contributed by atoms with Crippen LogP contribution in [0.15, 0.2) is 0 Å². The van der Waals surface area contributed by atoms with Gasteiger partial charge >= 0.3 is 33.6 Å². The number of esters is 1. The van der Waals surface area contributed by atoms with Gasteiger partial charge in [0.25, 0.3) is 0 Å². The van der Waals surface area contributed by atoms with Crippen LogP contribution in [-0.4, -0.2) is 35.5 Å². The quantitative estimate of drug-likeness (QED) is 0.332. The zero-order chi connectivity index (χ0) is 12.9. The minimum atomic E-state index is -0.595. The monoisotopic (exact) mass is 512 g/mol. The second kappa shape index (κ2) is 10.6. The van der Waals surface area contributed by atoms with Crippen molar-refractivity contribution in [2.24, 2.45) is 17.3 Å². The van der Waals surface area contributed by atoms with Gasteiger partial charge in [-0.3, -0.25) is 4.79 Å². The molecule has 0 spiro atoms. The fraction of sp³-hybridized carbons (Fsp3) is 0.833. The fourth-order valence-electron chi connectivity index (χ4n) is 1.19. The van der Waals surface area contributed by atoms with Gasteiger partial charge in [-0.2, -0.15) is 0 Å². The van der Waals surface area contributed by atoms with E-state index in [1.54, 1.807) is 27.7 Å². The van der Waals surface area contributed by atoms with Gasteiger partial charge in [-0.05, 0) is 27.7 Å². The maximum Gasteiger partial charge on any atom is 1.00 e. The molecule has 0 saturated heterocycles. The van der Waals surface area contributed by atoms with E-state index in [0.717, 1.165) is 0 Å². The van der Waals surface area contributed by atoms with Crippen LogP contribution in [0.25, 0.3) is 0 Å². The molecule has 2 radical (unpaired) electrons. The third-order valence-corrected chi connectivity index (χ3v) is 2.40. The molecule has 0 aromatic carbocycles. The molecule has 0 rings (SSSR count). The Labute approximate surface area is 141 Å². The van der Waals surface area contributed by atoms with Gasteiger partial charge in [0, 0.05) is 25.0 Å². The first kappa shape index (κ1) is 23.9. The van der Waals surface area contributed by atoms with Gasteiger partial charge < -0.3 is 31.9 Å². The largest absolute Gasteiger partial charge is 1.00 e. The second-order valence-corrected chi connectivity index (χ2v) is 5.22. The molecule has 6 heteroatoms. The van der Waals surface area contributed by atoms with Gasteiger partial charge in [0.1, 0.15) is 6.10 Å². The van der Waals surface area contributed by atoms with Crippen LogP contribution in [0.4, 0.5) is 0 Å². The van der Waals surface area contributed by atoms with Crippen LogP contribution in [0, 0.1) is 24.2 Å². The van der Waals surface area contributed by atoms with E-state index in [0.29, 0.717) is 0 Å². The van der Waals surface area contributed by atoms with Crippen molar-refractivity contribution in [2.75, 3.05) is 13.2 Å². The normalized spacial score (nSPS) is 15.7. The minimum Gasteiger partial charge on any atom is -1.00 e. The predicted octanol–water partition coefficient (Wildman–Crippen LogP) is -1.98. The van der Waals surface area contributed by atoms with Gasteiger partial charge in [-0.25, -0.2) is 0 Å². The van der Waals surface area contributed by atoms with Crippen molar-refractivity contribution in [3.63, 3.8) is 0 Å². The Balaban J connectivity index is -0.00000112. The Kier molecular flexibility index (Phi) is 14.0. The molecule has 0 saturated carbocycles. The Morgan fingerprint density at radius 2 is 1.72 bits per heavy atom. The maximum absolute atomic E-state index is 11.7. The van der Waals surface area contributed by atoms with Crippen LogP contribution in [0.1, 0.15) is 27.7 Å². The molecule has 4 nitrogen and oxygen atoms in total. The zero-order valence-electron chi connectivity index (χ0n) is 11.6. The molecule has 18 heavy (non-hydrogen) atoms. The maximum atomic E-state index is 11.7. The van der Waals surface area contributed by atoms with E-state index in [-0.39, 0.29) is 69.8 Å². The summed E-state index contributed by atoms with van der Waals surface area (Å²) >= 11 is 0. The van der Waals surface area contributed by atoms with Gasteiger partial charge in [-0.1, -0.05) is 6.92 Å². The summed E-state index contributed by atoms with van der Waals surface area (Å²) in [7, 11) is 0. The number of ether oxygens (including phenoxy) is 1. The standard InChI is InChI=1S/C12H23O4.BrH.Hg/c1-8(6-13)10(9(2)7-14)16-11(15)12(3,4)5;;/h8-10,13-14H,1,6-7H2,2-5H3;1H;/q;;+1/p-1/t8-,9+,10-;;/m0../s1. The summed E-state index contributed by atoms with van der Waals surface area (Å²) in [6.45, 7) is 10.5. The van der Waals surface area contributed by atoms with Crippen LogP contribution >= 0.6 is 0 Å². The van der Waals surface area contributed by atoms with Crippen molar-refractivity contribution in [1.82, 2.24) is 0 Å². The molecular weight excluding hydrogens is 489 g/mol. The zero-order valence-corrected chi connectivity index (χ0v) is 18.7. The van der Waals surface area contributed by atoms with Crippen LogP contribution in [-0.2, 0) is 37.2 Å². The number of carbonyl (C=O) groups excluding carboxylic acids is 1. The average molecular weight is 512 g/mol. The smallest absolute Gasteiger partial charge is 1.00 e. The average Bonchev–Trinajstić information content (AvgIpc) is 2.21. The van der Waals surface area contributed by atoms with E-state index in [4.69, 9.17) is 14.9 Å². The van der Waals surface area contributed by atoms with E-state index in [9.17, 15) is 4.79 Å². The molecule has 0 amide bonds. The topological polar surface area (TPSA) is 66.8 Å². The van der Waals surface area contributed by atoms with Crippen molar-refractivity contribution in [3.05, 3.63) is 6.92 Å². The summed E-state index contributed by atoms with van der Waals surface area (Å²) in [5, 5.41) is 18.1. The van der Waals surface area contributed by atoms with Gasteiger partial charge in [0.15, 0.2) is 0 Å². The number of carbonyl (C=O) groups is 1. The van der Waals surface area contributed by atoms with E-state index in [1.807, 2.05) is 0 Å². The molecule has 2 N–H and O–H groups in total. The van der Waals surface area contributed by atoms with Crippen molar-refractivity contribution in [3.8, 4) is 0 Å². The fourth-order valence-corrected chi connectivity index (χ4v) is 1.19. The third kappa shape index (κ3) is 8.07. The Morgan fingerprint density at radius 3 is 2.00 bits per heavy atom. The molecule has 3 atom stereocenters. The predicted molar refractivity (Wildman–Crippen MR) is 61.5 cm³/mol. The molecule has 0 fully saturated rings. The Bertz CT molecular complexity index is 221. The van der Waals surface area contributed by atoms with E-state index in [2.05, 4.69) is 6.92 Å². The van der Waals surface area contributed by atoms with Crippen molar-refractivity contribution in [2.45, 2.75) is 33.8 Å². The van der Waals surface area contributed by atoms with Crippen LogP contribution in [0.5, 0.6) is 0 Å². The number of aliphatic hydroxyl groups excluding tert-OH is 2. The minimum absolute atomic E-state index is 0. The summed E-state index contributed by atoms with van der Waals surface area (Å²) in [5.74, 6) is -1.01. The van der Waals surface area contributed by atoms with Crippen molar-refractivity contribution >= 4 is 5.97 Å². The molecule has 0 aliphatic carbocycles. The molecule has 0 aliphatic heterocycles. The molecule has 0 aliphatic rings. The summed E-state index contributed by atoms with van der Waals surface area (Å²) in [6, 6.07) is 0. The summed E-state index contributed by atoms with van der Waals surface area (Å²) < 4.78 is 5.30. The van der Waals surface area contributed by atoms with E-state index >= 15 is 0 Å². The molecule has 0 heterocycles. The van der Waals surface area contributed by atoms with Gasteiger partial charge in [-0.15, -0.1) is 0 Å². The first-order valence-electron chi connectivity index (χ1n) is 5.50. The van der Waals surface area contributed by atoms with Crippen molar-refractivity contribution in [1.29, 1.82) is 0 Å². The summed E-state index contributed by atoms with van der Waals surface area (Å²) in [5.41, 5.74) is -0.595. The second-order valence-electron chi connectivity index (χ2n) is 5.22. The third-order valence-electron chi connectivity index (χ3n) is 2.40. The summed E-state index contributed by atoms with van der Waals surface area (Å²) in [4.78, 5) is 11.7. The molecule has 0 bridgehead atoms. The SMILES string of the molecule is [Br-].[CH2][C@@H](CO)[C@H](OC(=O)C(C)(C)C)[C@H](C)CO.[Hg+]. The first-order valence-corrected chi connectivity index (χ1v) is 5.50. The number of rotatable bonds is 5. The molecule has 104 valence electrons. The summed E-state index contributed by atoms with van der Waals surface area (Å²) in [6.07, 6.45) is -0.554. The number of halogens is 1. The number of aliphatic hydroxyl groups is 2. The van der Waals surface area contributed by atoms with E-state index < -0.39 is 17.4 Å².